The van der Waals surface area contributed by atoms with Gasteiger partial charge >= 0.3 is 0 Å². The van der Waals surface area contributed by atoms with Gasteiger partial charge in [0.15, 0.2) is 17.3 Å². The van der Waals surface area contributed by atoms with E-state index in [9.17, 15) is 9.18 Å². The van der Waals surface area contributed by atoms with E-state index in [1.807, 2.05) is 0 Å². The van der Waals surface area contributed by atoms with Gasteiger partial charge in [-0.3, -0.25) is 10.1 Å². The highest BCUT2D eigenvalue weighted by atomic mass is 35.5. The van der Waals surface area contributed by atoms with Crippen molar-refractivity contribution < 1.29 is 27.8 Å². The van der Waals surface area contributed by atoms with E-state index in [2.05, 4.69) is 15.4 Å². The van der Waals surface area contributed by atoms with Gasteiger partial charge in [0.1, 0.15) is 30.3 Å². The Kier molecular flexibility index (Phi) is 5.57. The topological polar surface area (TPSA) is 101 Å². The Labute approximate surface area is 191 Å². The lowest BCUT2D eigenvalue weighted by molar-refractivity contribution is 0.0991. The van der Waals surface area contributed by atoms with E-state index >= 15 is 0 Å². The fourth-order valence-corrected chi connectivity index (χ4v) is 3.34. The zero-order chi connectivity index (χ0) is 22.8. The first-order chi connectivity index (χ1) is 16.0. The molecule has 0 unspecified atom stereocenters. The third-order valence-corrected chi connectivity index (χ3v) is 5.07. The number of nitrogens with one attached hydrogen (secondary N) is 1. The predicted molar refractivity (Wildman–Crippen MR) is 114 cm³/mol. The maximum absolute atomic E-state index is 13.2. The molecule has 11 heteroatoms. The van der Waals surface area contributed by atoms with Gasteiger partial charge in [0, 0.05) is 11.1 Å². The number of rotatable bonds is 7. The zero-order valence-corrected chi connectivity index (χ0v) is 17.7. The van der Waals surface area contributed by atoms with Crippen LogP contribution in [0.1, 0.15) is 21.9 Å². The number of aromatic nitrogens is 3. The Bertz CT molecular complexity index is 1320. The van der Waals surface area contributed by atoms with Gasteiger partial charge in [0.2, 0.25) is 12.7 Å². The van der Waals surface area contributed by atoms with Gasteiger partial charge in [0.05, 0.1) is 6.54 Å². The Morgan fingerprint density at radius 1 is 1.15 bits per heavy atom. The Morgan fingerprint density at radius 3 is 2.91 bits per heavy atom. The van der Waals surface area contributed by atoms with Gasteiger partial charge in [-0.25, -0.2) is 14.1 Å². The van der Waals surface area contributed by atoms with Crippen LogP contribution in [-0.2, 0) is 13.2 Å². The second-order valence-corrected chi connectivity index (χ2v) is 7.43. The molecule has 33 heavy (non-hydrogen) atoms. The standard InChI is InChI=1S/C22H16ClFN4O5/c23-17-7-14(24)2-1-13(17)9-28-11-25-22(27-28)26-21(29)19-6-4-16(33-19)10-30-15-3-5-18-20(8-15)32-12-31-18/h1-8,11H,9-10,12H2,(H,26,27,29). The van der Waals surface area contributed by atoms with Gasteiger partial charge in [-0.1, -0.05) is 17.7 Å². The van der Waals surface area contributed by atoms with Crippen LogP contribution >= 0.6 is 11.6 Å². The van der Waals surface area contributed by atoms with E-state index in [0.717, 1.165) is 0 Å². The highest BCUT2D eigenvalue weighted by Crippen LogP contribution is 2.35. The smallest absolute Gasteiger partial charge is 0.293 e. The number of amides is 1. The van der Waals surface area contributed by atoms with Gasteiger partial charge in [0.25, 0.3) is 5.91 Å². The molecule has 0 atom stereocenters. The van der Waals surface area contributed by atoms with Crippen LogP contribution in [0.4, 0.5) is 10.3 Å². The summed E-state index contributed by atoms with van der Waals surface area (Å²) in [5, 5.41) is 7.02. The number of nitrogens with zero attached hydrogens (tertiary/aromatic N) is 3. The van der Waals surface area contributed by atoms with Gasteiger partial charge < -0.3 is 18.6 Å². The van der Waals surface area contributed by atoms with Gasteiger partial charge in [-0.05, 0) is 42.0 Å². The average Bonchev–Trinajstić information content (AvgIpc) is 3.55. The molecule has 2 aromatic carbocycles. The van der Waals surface area contributed by atoms with Crippen LogP contribution in [0, 0.1) is 5.82 Å². The summed E-state index contributed by atoms with van der Waals surface area (Å²) in [6, 6.07) is 12.5. The zero-order valence-electron chi connectivity index (χ0n) is 17.0. The molecular formula is C22H16ClFN4O5. The summed E-state index contributed by atoms with van der Waals surface area (Å²) in [5.74, 6) is 1.55. The lowest BCUT2D eigenvalue weighted by atomic mass is 10.2. The third-order valence-electron chi connectivity index (χ3n) is 4.72. The number of carbonyl (C=O) groups excluding carboxylic acids is 1. The van der Waals surface area contributed by atoms with Crippen molar-refractivity contribution in [3.63, 3.8) is 0 Å². The second-order valence-electron chi connectivity index (χ2n) is 7.03. The SMILES string of the molecule is O=C(Nc1ncn(Cc2ccc(F)cc2Cl)n1)c1ccc(COc2ccc3c(c2)OCO3)o1. The highest BCUT2D eigenvalue weighted by molar-refractivity contribution is 6.31. The van der Waals surface area contributed by atoms with Crippen molar-refractivity contribution >= 4 is 23.5 Å². The van der Waals surface area contributed by atoms with E-state index in [1.165, 1.54) is 29.2 Å². The van der Waals surface area contributed by atoms with Crippen molar-refractivity contribution in [1.82, 2.24) is 14.8 Å². The van der Waals surface area contributed by atoms with Crippen LogP contribution in [0.5, 0.6) is 17.2 Å². The number of ether oxygens (including phenoxy) is 3. The lowest BCUT2D eigenvalue weighted by Gasteiger charge is -2.05. The fourth-order valence-electron chi connectivity index (χ4n) is 3.11. The molecule has 0 saturated carbocycles. The molecule has 3 heterocycles. The maximum Gasteiger partial charge on any atom is 0.293 e. The van der Waals surface area contributed by atoms with E-state index in [-0.39, 0.29) is 36.7 Å². The molecule has 1 aliphatic heterocycles. The van der Waals surface area contributed by atoms with Crippen molar-refractivity contribution in [2.24, 2.45) is 0 Å². The predicted octanol–water partition coefficient (Wildman–Crippen LogP) is 4.27. The Morgan fingerprint density at radius 2 is 2.03 bits per heavy atom. The third kappa shape index (κ3) is 4.75. The molecule has 9 nitrogen and oxygen atoms in total. The first kappa shape index (κ1) is 20.8. The summed E-state index contributed by atoms with van der Waals surface area (Å²) < 4.78 is 36.5. The van der Waals surface area contributed by atoms with E-state index in [1.54, 1.807) is 30.3 Å². The molecule has 4 aromatic rings. The van der Waals surface area contributed by atoms with E-state index < -0.39 is 11.7 Å². The normalized spacial score (nSPS) is 12.1. The van der Waals surface area contributed by atoms with E-state index in [0.29, 0.717) is 28.6 Å². The first-order valence-electron chi connectivity index (χ1n) is 9.79. The molecule has 0 fully saturated rings. The number of hydrogen-bond donors (Lipinski definition) is 1. The summed E-state index contributed by atoms with van der Waals surface area (Å²) in [5.41, 5.74) is 0.666. The number of furan rings is 1. The molecule has 1 amide bonds. The molecule has 0 aliphatic carbocycles. The number of halogens is 2. The summed E-state index contributed by atoms with van der Waals surface area (Å²) >= 11 is 6.04. The van der Waals surface area contributed by atoms with Crippen LogP contribution in [0.25, 0.3) is 0 Å². The van der Waals surface area contributed by atoms with Crippen LogP contribution in [0.15, 0.2) is 59.3 Å². The van der Waals surface area contributed by atoms with Crippen LogP contribution in [-0.4, -0.2) is 27.5 Å². The van der Waals surface area contributed by atoms with Crippen LogP contribution < -0.4 is 19.5 Å². The van der Waals surface area contributed by atoms with Crippen molar-refractivity contribution in [3.8, 4) is 17.2 Å². The Balaban J connectivity index is 1.17. The monoisotopic (exact) mass is 470 g/mol. The molecule has 0 bridgehead atoms. The summed E-state index contributed by atoms with van der Waals surface area (Å²) in [6.07, 6.45) is 1.43. The number of carbonyl (C=O) groups is 1. The minimum absolute atomic E-state index is 0.0808. The molecule has 0 saturated heterocycles. The molecule has 1 aliphatic rings. The average molecular weight is 471 g/mol. The summed E-state index contributed by atoms with van der Waals surface area (Å²) in [6.45, 7) is 0.574. The van der Waals surface area contributed by atoms with Gasteiger partial charge in [-0.2, -0.15) is 0 Å². The summed E-state index contributed by atoms with van der Waals surface area (Å²) in [7, 11) is 0. The Hall–Kier alpha value is -4.05. The second kappa shape index (κ2) is 8.83. The fraction of sp³-hybridized carbons (Fsp3) is 0.136. The quantitative estimate of drug-likeness (QED) is 0.430. The first-order valence-corrected chi connectivity index (χ1v) is 10.2. The van der Waals surface area contributed by atoms with Gasteiger partial charge in [-0.15, -0.1) is 5.10 Å². The largest absolute Gasteiger partial charge is 0.486 e. The number of hydrogen-bond acceptors (Lipinski definition) is 7. The highest BCUT2D eigenvalue weighted by Gasteiger charge is 2.16. The minimum Gasteiger partial charge on any atom is -0.486 e. The molecule has 5 rings (SSSR count). The lowest BCUT2D eigenvalue weighted by Crippen LogP contribution is -2.12. The van der Waals surface area contributed by atoms with Crippen molar-refractivity contribution in [3.05, 3.63) is 82.8 Å². The van der Waals surface area contributed by atoms with E-state index in [4.69, 9.17) is 30.2 Å². The minimum atomic E-state index is -0.512. The molecular weight excluding hydrogens is 455 g/mol. The maximum atomic E-state index is 13.2. The number of anilines is 1. The molecule has 0 radical (unpaired) electrons. The van der Waals surface area contributed by atoms with Crippen molar-refractivity contribution in [2.45, 2.75) is 13.2 Å². The number of benzene rings is 2. The summed E-state index contributed by atoms with van der Waals surface area (Å²) in [4.78, 5) is 16.5. The van der Waals surface area contributed by atoms with Crippen LogP contribution in [0.3, 0.4) is 0 Å². The molecule has 1 N–H and O–H groups in total. The molecule has 168 valence electrons. The number of fused-ring (bicyclic) bond motifs is 1. The van der Waals surface area contributed by atoms with Crippen LogP contribution in [0.2, 0.25) is 5.02 Å². The van der Waals surface area contributed by atoms with Crippen molar-refractivity contribution in [1.29, 1.82) is 0 Å². The molecule has 2 aromatic heterocycles. The molecule has 0 spiro atoms. The van der Waals surface area contributed by atoms with Crippen molar-refractivity contribution in [2.75, 3.05) is 12.1 Å².